The Hall–Kier alpha value is -3.80. The Morgan fingerprint density at radius 1 is 1.19 bits per heavy atom. The zero-order chi connectivity index (χ0) is 22.7. The molecule has 0 unspecified atom stereocenters. The monoisotopic (exact) mass is 449 g/mol. The van der Waals surface area contributed by atoms with Crippen molar-refractivity contribution in [3.05, 3.63) is 52.1 Å². The van der Waals surface area contributed by atoms with E-state index < -0.39 is 17.5 Å². The summed E-state index contributed by atoms with van der Waals surface area (Å²) in [5.74, 6) is -0.723. The molecule has 32 heavy (non-hydrogen) atoms. The van der Waals surface area contributed by atoms with Crippen LogP contribution in [0.2, 0.25) is 0 Å². The zero-order valence-corrected chi connectivity index (χ0v) is 16.5. The van der Waals surface area contributed by atoms with Crippen LogP contribution >= 0.6 is 0 Å². The molecule has 0 saturated carbocycles. The van der Waals surface area contributed by atoms with Crippen molar-refractivity contribution in [3.8, 4) is 11.5 Å². The summed E-state index contributed by atoms with van der Waals surface area (Å²) in [7, 11) is 0. The molecule has 10 nitrogen and oxygen atoms in total. The van der Waals surface area contributed by atoms with Gasteiger partial charge in [-0.3, -0.25) is 14.9 Å². The predicted octanol–water partition coefficient (Wildman–Crippen LogP) is 3.32. The number of aromatic nitrogens is 1. The largest absolute Gasteiger partial charge is 0.432 e. The minimum atomic E-state index is -3.06. The first-order valence-corrected chi connectivity index (χ1v) is 9.56. The summed E-state index contributed by atoms with van der Waals surface area (Å²) in [6.07, 6.45) is -0.250. The third kappa shape index (κ3) is 4.75. The first-order valence-electron chi connectivity index (χ1n) is 9.56. The van der Waals surface area contributed by atoms with E-state index >= 15 is 0 Å². The number of ether oxygens (including phenoxy) is 3. The number of benzene rings is 2. The van der Waals surface area contributed by atoms with Crippen LogP contribution < -0.4 is 14.4 Å². The molecule has 4 rings (SSSR count). The lowest BCUT2D eigenvalue weighted by molar-refractivity contribution is -0.384. The molecule has 2 aromatic carbocycles. The van der Waals surface area contributed by atoms with Crippen LogP contribution in [-0.2, 0) is 16.0 Å². The Kier molecular flexibility index (Phi) is 6.12. The van der Waals surface area contributed by atoms with Gasteiger partial charge in [0.2, 0.25) is 0 Å². The molecule has 168 valence electrons. The second-order valence-corrected chi connectivity index (χ2v) is 6.78. The molecule has 12 heteroatoms. The van der Waals surface area contributed by atoms with Crippen LogP contribution in [0.4, 0.5) is 20.5 Å². The van der Waals surface area contributed by atoms with E-state index in [4.69, 9.17) is 13.9 Å². The van der Waals surface area contributed by atoms with E-state index in [0.717, 1.165) is 0 Å². The van der Waals surface area contributed by atoms with Gasteiger partial charge in [-0.25, -0.2) is 0 Å². The van der Waals surface area contributed by atoms with Crippen LogP contribution in [0.25, 0.3) is 11.1 Å². The lowest BCUT2D eigenvalue weighted by atomic mass is 10.1. The first kappa shape index (κ1) is 21.4. The predicted molar refractivity (Wildman–Crippen MR) is 106 cm³/mol. The van der Waals surface area contributed by atoms with Crippen LogP contribution in [0.15, 0.2) is 40.8 Å². The van der Waals surface area contributed by atoms with E-state index in [1.165, 1.54) is 36.4 Å². The molecule has 0 amide bonds. The van der Waals surface area contributed by atoms with Crippen molar-refractivity contribution in [2.45, 2.75) is 13.0 Å². The maximum atomic E-state index is 12.8. The number of oxazole rings is 1. The van der Waals surface area contributed by atoms with Gasteiger partial charge in [0, 0.05) is 30.8 Å². The van der Waals surface area contributed by atoms with Gasteiger partial charge < -0.3 is 23.5 Å². The molecule has 2 heterocycles. The van der Waals surface area contributed by atoms with Crippen molar-refractivity contribution in [3.63, 3.8) is 0 Å². The van der Waals surface area contributed by atoms with E-state index in [1.807, 2.05) is 0 Å². The fraction of sp³-hybridized carbons (Fsp3) is 0.300. The molecular formula is C20H17F2N3O7. The van der Waals surface area contributed by atoms with Crippen molar-refractivity contribution in [1.29, 1.82) is 0 Å². The van der Waals surface area contributed by atoms with Gasteiger partial charge in [-0.1, -0.05) is 6.07 Å². The number of hydrogen-bond donors (Lipinski definition) is 0. The van der Waals surface area contributed by atoms with E-state index in [0.29, 0.717) is 31.9 Å². The molecule has 0 N–H and O–H groups in total. The Labute approximate surface area is 179 Å². The number of halogens is 2. The molecule has 0 spiro atoms. The first-order chi connectivity index (χ1) is 15.4. The maximum absolute atomic E-state index is 12.8. The molecule has 0 bridgehead atoms. The molecule has 1 aliphatic heterocycles. The summed E-state index contributed by atoms with van der Waals surface area (Å²) >= 11 is 0. The third-order valence-electron chi connectivity index (χ3n) is 4.69. The number of carbonyl (C=O) groups is 1. The van der Waals surface area contributed by atoms with Crippen molar-refractivity contribution < 1.29 is 37.1 Å². The van der Waals surface area contributed by atoms with Gasteiger partial charge in [-0.2, -0.15) is 13.8 Å². The summed E-state index contributed by atoms with van der Waals surface area (Å²) in [5.41, 5.74) is 0.414. The van der Waals surface area contributed by atoms with Gasteiger partial charge in [0.15, 0.2) is 16.8 Å². The van der Waals surface area contributed by atoms with Gasteiger partial charge in [0.1, 0.15) is 5.75 Å². The van der Waals surface area contributed by atoms with Crippen LogP contribution in [-0.4, -0.2) is 48.8 Å². The number of anilines is 1. The average Bonchev–Trinajstić information content (AvgIpc) is 3.22. The molecule has 0 atom stereocenters. The molecule has 1 aromatic heterocycles. The number of alkyl halides is 2. The highest BCUT2D eigenvalue weighted by atomic mass is 19.3. The second-order valence-electron chi connectivity index (χ2n) is 6.78. The second kappa shape index (κ2) is 9.14. The molecule has 0 aliphatic carbocycles. The van der Waals surface area contributed by atoms with Crippen LogP contribution in [0.3, 0.4) is 0 Å². The van der Waals surface area contributed by atoms with Crippen LogP contribution in [0.5, 0.6) is 11.5 Å². The van der Waals surface area contributed by atoms with Crippen LogP contribution in [0.1, 0.15) is 5.56 Å². The summed E-state index contributed by atoms with van der Waals surface area (Å²) in [5, 5.41) is 10.7. The number of nitro groups is 1. The number of esters is 1. The molecule has 1 saturated heterocycles. The SMILES string of the molecule is O=C(Cc1ccc(OC(F)F)c2nc(N3CCOCC3)oc12)Oc1ccc([N+](=O)[O-])cc1. The fourth-order valence-corrected chi connectivity index (χ4v) is 3.20. The summed E-state index contributed by atoms with van der Waals surface area (Å²) in [6, 6.07) is 7.94. The topological polar surface area (TPSA) is 117 Å². The molecular weight excluding hydrogens is 432 g/mol. The molecule has 1 aliphatic rings. The third-order valence-corrected chi connectivity index (χ3v) is 4.69. The summed E-state index contributed by atoms with van der Waals surface area (Å²) in [4.78, 5) is 28.7. The zero-order valence-electron chi connectivity index (χ0n) is 16.5. The lowest BCUT2D eigenvalue weighted by Crippen LogP contribution is -2.36. The van der Waals surface area contributed by atoms with Crippen LogP contribution in [0, 0.1) is 10.1 Å². The van der Waals surface area contributed by atoms with Gasteiger partial charge >= 0.3 is 12.6 Å². The molecule has 1 fully saturated rings. The van der Waals surface area contributed by atoms with E-state index in [2.05, 4.69) is 9.72 Å². The van der Waals surface area contributed by atoms with Crippen molar-refractivity contribution in [2.24, 2.45) is 0 Å². The highest BCUT2D eigenvalue weighted by Gasteiger charge is 2.23. The summed E-state index contributed by atoms with van der Waals surface area (Å²) in [6.45, 7) is -1.11. The average molecular weight is 449 g/mol. The van der Waals surface area contributed by atoms with E-state index in [1.54, 1.807) is 4.90 Å². The number of non-ortho nitro benzene ring substituents is 1. The maximum Gasteiger partial charge on any atom is 0.387 e. The normalized spacial score (nSPS) is 14.0. The minimum Gasteiger partial charge on any atom is -0.432 e. The Morgan fingerprint density at radius 3 is 2.56 bits per heavy atom. The number of hydrogen-bond acceptors (Lipinski definition) is 9. The minimum absolute atomic E-state index is 0.0624. The fourth-order valence-electron chi connectivity index (χ4n) is 3.20. The standard InChI is InChI=1S/C20H17F2N3O7/c21-19(22)31-15-6-1-12(11-16(26)30-14-4-2-13(3-5-14)25(27)28)18-17(15)23-20(32-18)24-7-9-29-10-8-24/h1-6,19H,7-11H2. The number of fused-ring (bicyclic) bond motifs is 1. The smallest absolute Gasteiger partial charge is 0.387 e. The number of nitrogens with zero attached hydrogens (tertiary/aromatic N) is 3. The lowest BCUT2D eigenvalue weighted by Gasteiger charge is -2.24. The summed E-state index contributed by atoms with van der Waals surface area (Å²) < 4.78 is 46.5. The Morgan fingerprint density at radius 2 is 1.91 bits per heavy atom. The number of nitro benzene ring substituents is 1. The molecule has 3 aromatic rings. The van der Waals surface area contributed by atoms with Crippen molar-refractivity contribution >= 4 is 28.8 Å². The number of rotatable bonds is 7. The quantitative estimate of drug-likeness (QED) is 0.232. The van der Waals surface area contributed by atoms with Gasteiger partial charge in [0.25, 0.3) is 11.7 Å². The number of morpholine rings is 1. The van der Waals surface area contributed by atoms with Gasteiger partial charge in [-0.05, 0) is 18.2 Å². The Bertz CT molecular complexity index is 1130. The highest BCUT2D eigenvalue weighted by molar-refractivity contribution is 5.88. The van der Waals surface area contributed by atoms with E-state index in [9.17, 15) is 23.7 Å². The molecule has 0 radical (unpaired) electrons. The Balaban J connectivity index is 1.58. The van der Waals surface area contributed by atoms with Gasteiger partial charge in [0.05, 0.1) is 24.6 Å². The van der Waals surface area contributed by atoms with Crippen molar-refractivity contribution in [1.82, 2.24) is 4.98 Å². The number of carbonyl (C=O) groups excluding carboxylic acids is 1. The van der Waals surface area contributed by atoms with Gasteiger partial charge in [-0.15, -0.1) is 0 Å². The van der Waals surface area contributed by atoms with Crippen molar-refractivity contribution in [2.75, 3.05) is 31.2 Å². The van der Waals surface area contributed by atoms with E-state index in [-0.39, 0.29) is 40.7 Å². The highest BCUT2D eigenvalue weighted by Crippen LogP contribution is 2.33.